The first-order valence-corrected chi connectivity index (χ1v) is 6.15. The smallest absolute Gasteiger partial charge is 0.139 e. The molecule has 1 saturated heterocycles. The zero-order valence-electron chi connectivity index (χ0n) is 9.69. The van der Waals surface area contributed by atoms with Crippen LogP contribution in [0, 0.1) is 11.7 Å². The number of hydrogen-bond donors (Lipinski definition) is 1. The predicted octanol–water partition coefficient (Wildman–Crippen LogP) is 2.02. The lowest BCUT2D eigenvalue weighted by atomic mass is 9.94. The van der Waals surface area contributed by atoms with Gasteiger partial charge in [0.2, 0.25) is 0 Å². The second kappa shape index (κ2) is 4.45. The summed E-state index contributed by atoms with van der Waals surface area (Å²) in [5.74, 6) is 1.44. The summed E-state index contributed by atoms with van der Waals surface area (Å²) < 4.78 is 15.1. The molecule has 0 atom stereocenters. The number of rotatable bonds is 2. The zero-order chi connectivity index (χ0) is 11.7. The van der Waals surface area contributed by atoms with E-state index in [0.29, 0.717) is 5.92 Å². The Hall–Kier alpha value is -1.42. The van der Waals surface area contributed by atoms with E-state index in [1.165, 1.54) is 25.1 Å². The molecular weight excluding hydrogens is 217 g/mol. The molecule has 17 heavy (non-hydrogen) atoms. The number of halogens is 1. The van der Waals surface area contributed by atoms with Crippen LogP contribution in [-0.2, 0) is 6.42 Å². The molecule has 1 fully saturated rings. The van der Waals surface area contributed by atoms with Gasteiger partial charge in [0.1, 0.15) is 11.6 Å². The highest BCUT2D eigenvalue weighted by atomic mass is 19.1. The molecule has 4 heteroatoms. The lowest BCUT2D eigenvalue weighted by Crippen LogP contribution is -2.29. The SMILES string of the molecule is Fc1ccc2cnc(CC3CCNCC3)n2c1. The van der Waals surface area contributed by atoms with Crippen molar-refractivity contribution >= 4 is 5.52 Å². The minimum absolute atomic E-state index is 0.206. The molecular formula is C13H16FN3. The Morgan fingerprint density at radius 2 is 2.18 bits per heavy atom. The highest BCUT2D eigenvalue weighted by molar-refractivity contribution is 5.45. The molecule has 0 bridgehead atoms. The van der Waals surface area contributed by atoms with Crippen molar-refractivity contribution in [2.75, 3.05) is 13.1 Å². The number of aromatic nitrogens is 2. The first-order chi connectivity index (χ1) is 8.33. The molecule has 1 aliphatic heterocycles. The predicted molar refractivity (Wildman–Crippen MR) is 64.4 cm³/mol. The van der Waals surface area contributed by atoms with Crippen LogP contribution in [0.15, 0.2) is 24.5 Å². The van der Waals surface area contributed by atoms with Crippen LogP contribution in [0.3, 0.4) is 0 Å². The molecule has 1 aliphatic rings. The van der Waals surface area contributed by atoms with Gasteiger partial charge in [0.15, 0.2) is 0 Å². The van der Waals surface area contributed by atoms with Crippen LogP contribution in [0.2, 0.25) is 0 Å². The van der Waals surface area contributed by atoms with Crippen molar-refractivity contribution in [2.45, 2.75) is 19.3 Å². The summed E-state index contributed by atoms with van der Waals surface area (Å²) >= 11 is 0. The average molecular weight is 233 g/mol. The largest absolute Gasteiger partial charge is 0.317 e. The molecule has 0 spiro atoms. The van der Waals surface area contributed by atoms with E-state index in [-0.39, 0.29) is 5.82 Å². The summed E-state index contributed by atoms with van der Waals surface area (Å²) in [6.07, 6.45) is 6.66. The molecule has 0 amide bonds. The number of hydrogen-bond acceptors (Lipinski definition) is 2. The average Bonchev–Trinajstić information content (AvgIpc) is 2.73. The molecule has 2 aromatic rings. The quantitative estimate of drug-likeness (QED) is 0.859. The molecule has 0 aromatic carbocycles. The van der Waals surface area contributed by atoms with Crippen LogP contribution in [0.1, 0.15) is 18.7 Å². The summed E-state index contributed by atoms with van der Waals surface area (Å²) in [4.78, 5) is 4.41. The van der Waals surface area contributed by atoms with Gasteiger partial charge in [-0.15, -0.1) is 0 Å². The number of piperidine rings is 1. The molecule has 3 rings (SSSR count). The number of nitrogens with one attached hydrogen (secondary N) is 1. The molecule has 3 nitrogen and oxygen atoms in total. The third-order valence-corrected chi connectivity index (χ3v) is 3.50. The van der Waals surface area contributed by atoms with Crippen LogP contribution in [0.4, 0.5) is 4.39 Å². The molecule has 3 heterocycles. The van der Waals surface area contributed by atoms with Gasteiger partial charge in [-0.1, -0.05) is 0 Å². The number of imidazole rings is 1. The molecule has 90 valence electrons. The maximum Gasteiger partial charge on any atom is 0.139 e. The summed E-state index contributed by atoms with van der Waals surface area (Å²) in [6, 6.07) is 3.25. The normalized spacial score (nSPS) is 17.7. The fraction of sp³-hybridized carbons (Fsp3) is 0.462. The van der Waals surface area contributed by atoms with E-state index in [1.807, 2.05) is 10.6 Å². The number of pyridine rings is 1. The van der Waals surface area contributed by atoms with Crippen molar-refractivity contribution in [3.8, 4) is 0 Å². The molecule has 1 N–H and O–H groups in total. The van der Waals surface area contributed by atoms with Gasteiger partial charge in [-0.25, -0.2) is 9.37 Å². The van der Waals surface area contributed by atoms with Crippen molar-refractivity contribution in [2.24, 2.45) is 5.92 Å². The Bertz CT molecular complexity index is 514. The Morgan fingerprint density at radius 1 is 1.35 bits per heavy atom. The molecule has 2 aromatic heterocycles. The lowest BCUT2D eigenvalue weighted by Gasteiger charge is -2.21. The molecule has 0 radical (unpaired) electrons. The Morgan fingerprint density at radius 3 is 3.00 bits per heavy atom. The fourth-order valence-corrected chi connectivity index (χ4v) is 2.51. The Labute approximate surface area is 99.7 Å². The highest BCUT2D eigenvalue weighted by Gasteiger charge is 2.16. The van der Waals surface area contributed by atoms with Gasteiger partial charge in [0, 0.05) is 12.6 Å². The number of fused-ring (bicyclic) bond motifs is 1. The fourth-order valence-electron chi connectivity index (χ4n) is 2.51. The van der Waals surface area contributed by atoms with Crippen LogP contribution in [-0.4, -0.2) is 22.5 Å². The minimum Gasteiger partial charge on any atom is -0.317 e. The standard InChI is InChI=1S/C13H16FN3/c14-11-1-2-12-8-16-13(17(12)9-11)7-10-3-5-15-6-4-10/h1-2,8-10,15H,3-7H2. The van der Waals surface area contributed by atoms with E-state index < -0.39 is 0 Å². The first kappa shape index (κ1) is 10.7. The number of nitrogens with zero attached hydrogens (tertiary/aromatic N) is 2. The molecule has 0 saturated carbocycles. The van der Waals surface area contributed by atoms with Crippen molar-refractivity contribution < 1.29 is 4.39 Å². The summed E-state index contributed by atoms with van der Waals surface area (Å²) in [5.41, 5.74) is 0.968. The highest BCUT2D eigenvalue weighted by Crippen LogP contribution is 2.18. The summed E-state index contributed by atoms with van der Waals surface area (Å²) in [6.45, 7) is 2.17. The molecule has 0 unspecified atom stereocenters. The van der Waals surface area contributed by atoms with Gasteiger partial charge >= 0.3 is 0 Å². The van der Waals surface area contributed by atoms with E-state index in [0.717, 1.165) is 30.9 Å². The Kier molecular flexibility index (Phi) is 2.81. The summed E-state index contributed by atoms with van der Waals surface area (Å²) in [7, 11) is 0. The van der Waals surface area contributed by atoms with Crippen LogP contribution in [0.5, 0.6) is 0 Å². The van der Waals surface area contributed by atoms with Crippen molar-refractivity contribution in [1.82, 2.24) is 14.7 Å². The zero-order valence-corrected chi connectivity index (χ0v) is 9.69. The van der Waals surface area contributed by atoms with Gasteiger partial charge in [-0.05, 0) is 44.0 Å². The maximum atomic E-state index is 13.2. The van der Waals surface area contributed by atoms with E-state index >= 15 is 0 Å². The van der Waals surface area contributed by atoms with Crippen LogP contribution in [0.25, 0.3) is 5.52 Å². The van der Waals surface area contributed by atoms with E-state index in [1.54, 1.807) is 6.07 Å². The van der Waals surface area contributed by atoms with Crippen LogP contribution >= 0.6 is 0 Å². The van der Waals surface area contributed by atoms with Gasteiger partial charge in [0.05, 0.1) is 11.7 Å². The Balaban J connectivity index is 1.86. The lowest BCUT2D eigenvalue weighted by molar-refractivity contribution is 0.366. The molecule has 0 aliphatic carbocycles. The van der Waals surface area contributed by atoms with Crippen molar-refractivity contribution in [1.29, 1.82) is 0 Å². The van der Waals surface area contributed by atoms with Crippen molar-refractivity contribution in [3.05, 3.63) is 36.2 Å². The third kappa shape index (κ3) is 2.17. The monoisotopic (exact) mass is 233 g/mol. The van der Waals surface area contributed by atoms with E-state index in [9.17, 15) is 4.39 Å². The maximum absolute atomic E-state index is 13.2. The van der Waals surface area contributed by atoms with Gasteiger partial charge < -0.3 is 9.72 Å². The second-order valence-electron chi connectivity index (χ2n) is 4.71. The third-order valence-electron chi connectivity index (χ3n) is 3.50. The van der Waals surface area contributed by atoms with E-state index in [2.05, 4.69) is 10.3 Å². The van der Waals surface area contributed by atoms with Gasteiger partial charge in [0.25, 0.3) is 0 Å². The first-order valence-electron chi connectivity index (χ1n) is 6.15. The topological polar surface area (TPSA) is 29.3 Å². The summed E-state index contributed by atoms with van der Waals surface area (Å²) in [5, 5.41) is 3.35. The van der Waals surface area contributed by atoms with E-state index in [4.69, 9.17) is 0 Å². The minimum atomic E-state index is -0.206. The van der Waals surface area contributed by atoms with Crippen LogP contribution < -0.4 is 5.32 Å². The second-order valence-corrected chi connectivity index (χ2v) is 4.71. The van der Waals surface area contributed by atoms with Crippen molar-refractivity contribution in [3.63, 3.8) is 0 Å². The van der Waals surface area contributed by atoms with Gasteiger partial charge in [-0.2, -0.15) is 0 Å². The van der Waals surface area contributed by atoms with Gasteiger partial charge in [-0.3, -0.25) is 0 Å².